The lowest BCUT2D eigenvalue weighted by Crippen LogP contribution is -2.10. The monoisotopic (exact) mass is 518 g/mol. The van der Waals surface area contributed by atoms with Crippen molar-refractivity contribution >= 4 is 22.7 Å². The fourth-order valence-electron chi connectivity index (χ4n) is 2.71. The summed E-state index contributed by atoms with van der Waals surface area (Å²) in [5, 5.41) is 1.23. The lowest BCUT2D eigenvalue weighted by atomic mass is 9.93. The SMILES string of the molecule is CC(C)(C)c1ccc(C(C)(C)C)s1.CC(C)(C)c1cnc(C(C)(C)C)s1.CC(C)(C)c1ncco1. The van der Waals surface area contributed by atoms with Crippen LogP contribution in [0.15, 0.2) is 35.2 Å². The Morgan fingerprint density at radius 3 is 1.20 bits per heavy atom. The number of oxazole rings is 1. The van der Waals surface area contributed by atoms with Gasteiger partial charge in [-0.25, -0.2) is 9.97 Å². The summed E-state index contributed by atoms with van der Waals surface area (Å²) in [7, 11) is 0. The van der Waals surface area contributed by atoms with Crippen molar-refractivity contribution in [2.45, 2.75) is 131 Å². The van der Waals surface area contributed by atoms with Crippen LogP contribution in [0.4, 0.5) is 0 Å². The molecule has 0 fully saturated rings. The first-order valence-corrected chi connectivity index (χ1v) is 14.1. The molecule has 0 bridgehead atoms. The second-order valence-electron chi connectivity index (χ2n) is 14.3. The Morgan fingerprint density at radius 1 is 0.543 bits per heavy atom. The van der Waals surface area contributed by atoms with Crippen LogP contribution in [0, 0.1) is 0 Å². The summed E-state index contributed by atoms with van der Waals surface area (Å²) >= 11 is 3.78. The van der Waals surface area contributed by atoms with E-state index in [9.17, 15) is 0 Å². The zero-order valence-corrected chi connectivity index (χ0v) is 26.6. The minimum Gasteiger partial charge on any atom is -0.448 e. The molecule has 3 heterocycles. The minimum absolute atomic E-state index is 0.0451. The summed E-state index contributed by atoms with van der Waals surface area (Å²) in [5.41, 5.74) is 1.07. The number of aromatic nitrogens is 2. The number of nitrogens with zero attached hydrogens (tertiary/aromatic N) is 2. The average Bonchev–Trinajstić information content (AvgIpc) is 3.40. The number of hydrogen-bond donors (Lipinski definition) is 0. The fourth-order valence-corrected chi connectivity index (χ4v) is 4.86. The Balaban J connectivity index is 0.000000267. The van der Waals surface area contributed by atoms with Gasteiger partial charge in [-0.3, -0.25) is 0 Å². The van der Waals surface area contributed by atoms with Crippen molar-refractivity contribution in [1.82, 2.24) is 9.97 Å². The van der Waals surface area contributed by atoms with Crippen molar-refractivity contribution < 1.29 is 4.42 Å². The van der Waals surface area contributed by atoms with Crippen LogP contribution in [-0.4, -0.2) is 9.97 Å². The predicted octanol–water partition coefficient (Wildman–Crippen LogP) is 10.1. The van der Waals surface area contributed by atoms with Gasteiger partial charge in [0.15, 0.2) is 5.89 Å². The van der Waals surface area contributed by atoms with Crippen LogP contribution in [0.5, 0.6) is 0 Å². The second kappa shape index (κ2) is 11.3. The van der Waals surface area contributed by atoms with Gasteiger partial charge < -0.3 is 4.42 Å². The van der Waals surface area contributed by atoms with Gasteiger partial charge in [-0.05, 0) is 28.4 Å². The van der Waals surface area contributed by atoms with Gasteiger partial charge in [0.2, 0.25) is 0 Å². The molecule has 0 saturated carbocycles. The topological polar surface area (TPSA) is 38.9 Å². The molecule has 3 aromatic heterocycles. The summed E-state index contributed by atoms with van der Waals surface area (Å²) in [6.45, 7) is 33.1. The molecule has 3 rings (SSSR count). The van der Waals surface area contributed by atoms with Crippen molar-refractivity contribution in [3.8, 4) is 0 Å². The second-order valence-corrected chi connectivity index (χ2v) is 16.4. The normalized spacial score (nSPS) is 13.0. The van der Waals surface area contributed by atoms with E-state index in [1.54, 1.807) is 12.5 Å². The largest absolute Gasteiger partial charge is 0.448 e. The third-order valence-electron chi connectivity index (χ3n) is 5.04. The van der Waals surface area contributed by atoms with E-state index in [1.165, 1.54) is 19.6 Å². The first kappa shape index (κ1) is 31.6. The standard InChI is InChI=1S/C12H20S.C11H19NS.C7H11NO/c1-11(2,3)9-7-8-10(13-9)12(4,5)6;1-10(2,3)8-7-12-9(13-8)11(4,5)6;1-7(2,3)6-8-4-5-9-6/h7-8H,1-6H3;7H,1-6H3;4-5H,1-3H3. The van der Waals surface area contributed by atoms with Gasteiger partial charge in [0, 0.05) is 31.7 Å². The van der Waals surface area contributed by atoms with Crippen LogP contribution < -0.4 is 0 Å². The molecule has 0 radical (unpaired) electrons. The highest BCUT2D eigenvalue weighted by atomic mass is 32.1. The van der Waals surface area contributed by atoms with E-state index in [1.807, 2.05) is 28.9 Å². The number of rotatable bonds is 0. The van der Waals surface area contributed by atoms with E-state index >= 15 is 0 Å². The zero-order valence-electron chi connectivity index (χ0n) is 25.0. The molecule has 198 valence electrons. The number of thiophene rings is 1. The highest BCUT2D eigenvalue weighted by Gasteiger charge is 2.23. The highest BCUT2D eigenvalue weighted by molar-refractivity contribution is 7.12. The molecule has 0 aliphatic carbocycles. The quantitative estimate of drug-likeness (QED) is 0.297. The molecule has 0 aliphatic rings. The number of hydrogen-bond acceptors (Lipinski definition) is 5. The van der Waals surface area contributed by atoms with Gasteiger partial charge in [0.25, 0.3) is 0 Å². The van der Waals surface area contributed by atoms with Crippen molar-refractivity contribution in [2.75, 3.05) is 0 Å². The van der Waals surface area contributed by atoms with Crippen molar-refractivity contribution in [3.05, 3.63) is 56.3 Å². The van der Waals surface area contributed by atoms with E-state index in [0.717, 1.165) is 5.89 Å². The summed E-state index contributed by atoms with van der Waals surface area (Å²) < 4.78 is 5.09. The van der Waals surface area contributed by atoms with Crippen LogP contribution in [0.2, 0.25) is 0 Å². The molecule has 3 nitrogen and oxygen atoms in total. The summed E-state index contributed by atoms with van der Waals surface area (Å²) in [5.74, 6) is 0.794. The third kappa shape index (κ3) is 10.6. The maximum absolute atomic E-state index is 5.09. The maximum atomic E-state index is 5.09. The Kier molecular flexibility index (Phi) is 10.2. The van der Waals surface area contributed by atoms with Crippen molar-refractivity contribution in [2.24, 2.45) is 0 Å². The van der Waals surface area contributed by atoms with Crippen LogP contribution in [-0.2, 0) is 27.1 Å². The lowest BCUT2D eigenvalue weighted by Gasteiger charge is -2.18. The van der Waals surface area contributed by atoms with Crippen LogP contribution in [0.3, 0.4) is 0 Å². The predicted molar refractivity (Wildman–Crippen MR) is 156 cm³/mol. The van der Waals surface area contributed by atoms with E-state index in [-0.39, 0.29) is 16.2 Å². The van der Waals surface area contributed by atoms with Gasteiger partial charge >= 0.3 is 0 Å². The molecular formula is C30H50N2OS2. The van der Waals surface area contributed by atoms with E-state index in [4.69, 9.17) is 4.42 Å². The molecule has 35 heavy (non-hydrogen) atoms. The van der Waals surface area contributed by atoms with E-state index in [2.05, 4.69) is 126 Å². The molecule has 0 unspecified atom stereocenters. The van der Waals surface area contributed by atoms with Gasteiger partial charge in [0.05, 0.1) is 11.2 Å². The lowest BCUT2D eigenvalue weighted by molar-refractivity contribution is 0.392. The first-order chi connectivity index (χ1) is 15.5. The summed E-state index contributed by atoms with van der Waals surface area (Å²) in [6, 6.07) is 4.54. The average molecular weight is 519 g/mol. The molecule has 0 saturated heterocycles. The third-order valence-corrected chi connectivity index (χ3v) is 8.83. The van der Waals surface area contributed by atoms with Crippen molar-refractivity contribution in [3.63, 3.8) is 0 Å². The molecule has 5 heteroatoms. The zero-order chi connectivity index (χ0) is 27.5. The molecule has 0 N–H and O–H groups in total. The highest BCUT2D eigenvalue weighted by Crippen LogP contribution is 2.35. The van der Waals surface area contributed by atoms with Gasteiger partial charge in [-0.1, -0.05) is 104 Å². The molecule has 0 aliphatic heterocycles. The Morgan fingerprint density at radius 2 is 1.00 bits per heavy atom. The van der Waals surface area contributed by atoms with E-state index in [0.29, 0.717) is 10.8 Å². The molecule has 0 spiro atoms. The van der Waals surface area contributed by atoms with Crippen molar-refractivity contribution in [1.29, 1.82) is 0 Å². The Hall–Kier alpha value is -1.46. The minimum atomic E-state index is 0.0451. The Bertz CT molecular complexity index is 888. The van der Waals surface area contributed by atoms with Crippen LogP contribution in [0.1, 0.15) is 129 Å². The van der Waals surface area contributed by atoms with Gasteiger partial charge in [-0.2, -0.15) is 0 Å². The Labute approximate surface area is 223 Å². The maximum Gasteiger partial charge on any atom is 0.199 e. The summed E-state index contributed by atoms with van der Waals surface area (Å²) in [4.78, 5) is 12.8. The van der Waals surface area contributed by atoms with E-state index < -0.39 is 0 Å². The molecule has 0 aromatic carbocycles. The number of thiazole rings is 1. The van der Waals surface area contributed by atoms with Crippen LogP contribution >= 0.6 is 22.7 Å². The summed E-state index contributed by atoms with van der Waals surface area (Å²) in [6.07, 6.45) is 5.28. The van der Waals surface area contributed by atoms with Crippen LogP contribution in [0.25, 0.3) is 0 Å². The fraction of sp³-hybridized carbons (Fsp3) is 0.667. The molecule has 3 aromatic rings. The molecule has 0 amide bonds. The molecule has 0 atom stereocenters. The smallest absolute Gasteiger partial charge is 0.199 e. The molecular weight excluding hydrogens is 468 g/mol. The first-order valence-electron chi connectivity index (χ1n) is 12.5. The van der Waals surface area contributed by atoms with Gasteiger partial charge in [-0.15, -0.1) is 22.7 Å². The van der Waals surface area contributed by atoms with Gasteiger partial charge in [0.1, 0.15) is 6.26 Å².